The van der Waals surface area contributed by atoms with Gasteiger partial charge in [0.25, 0.3) is 0 Å². The molecule has 2 fully saturated rings. The van der Waals surface area contributed by atoms with Gasteiger partial charge in [-0.2, -0.15) is 5.26 Å². The average Bonchev–Trinajstić information content (AvgIpc) is 3.40. The van der Waals surface area contributed by atoms with Crippen LogP contribution in [0.25, 0.3) is 11.3 Å². The zero-order chi connectivity index (χ0) is 24.2. The molecule has 1 atom stereocenters. The van der Waals surface area contributed by atoms with Gasteiger partial charge in [0.05, 0.1) is 30.2 Å². The van der Waals surface area contributed by atoms with Crippen molar-refractivity contribution in [3.05, 3.63) is 60.3 Å². The standard InChI is InChI=1S/C27H31N7O/c1-32(2)24-10-12-34(19-24)26-8-3-20(17-21(26)18-28)25-9-11-29-27(31-25)30-22-4-6-23(7-5-22)33-13-15-35-16-14-33/h3-9,11,17,24H,10,12-16,19H2,1-2H3,(H,29,30,31). The zero-order valence-corrected chi connectivity index (χ0v) is 20.3. The van der Waals surface area contributed by atoms with Gasteiger partial charge >= 0.3 is 0 Å². The molecular weight excluding hydrogens is 438 g/mol. The minimum absolute atomic E-state index is 0.514. The lowest BCUT2D eigenvalue weighted by atomic mass is 10.1. The number of anilines is 4. The molecule has 1 N–H and O–H groups in total. The van der Waals surface area contributed by atoms with E-state index in [0.29, 0.717) is 17.6 Å². The Morgan fingerprint density at radius 1 is 1.03 bits per heavy atom. The Labute approximate surface area is 206 Å². The number of hydrogen-bond acceptors (Lipinski definition) is 8. The van der Waals surface area contributed by atoms with Crippen LogP contribution in [0.4, 0.5) is 23.0 Å². The van der Waals surface area contributed by atoms with Gasteiger partial charge in [-0.25, -0.2) is 9.97 Å². The summed E-state index contributed by atoms with van der Waals surface area (Å²) >= 11 is 0. The van der Waals surface area contributed by atoms with E-state index in [4.69, 9.17) is 9.72 Å². The minimum atomic E-state index is 0.514. The summed E-state index contributed by atoms with van der Waals surface area (Å²) in [6, 6.07) is 19.1. The highest BCUT2D eigenvalue weighted by Crippen LogP contribution is 2.30. The normalized spacial score (nSPS) is 18.1. The summed E-state index contributed by atoms with van der Waals surface area (Å²) in [6.07, 6.45) is 2.85. The topological polar surface area (TPSA) is 80.6 Å². The number of morpholine rings is 1. The number of nitrogens with one attached hydrogen (secondary N) is 1. The van der Waals surface area contributed by atoms with E-state index < -0.39 is 0 Å². The van der Waals surface area contributed by atoms with Gasteiger partial charge in [0.2, 0.25) is 5.95 Å². The summed E-state index contributed by atoms with van der Waals surface area (Å²) in [5.74, 6) is 0.526. The molecule has 180 valence electrons. The molecule has 8 nitrogen and oxygen atoms in total. The molecule has 0 bridgehead atoms. The predicted octanol–water partition coefficient (Wildman–Crippen LogP) is 3.74. The monoisotopic (exact) mass is 469 g/mol. The van der Waals surface area contributed by atoms with Gasteiger partial charge in [0, 0.05) is 55.4 Å². The van der Waals surface area contributed by atoms with Crippen molar-refractivity contribution < 1.29 is 4.74 Å². The maximum atomic E-state index is 9.85. The highest BCUT2D eigenvalue weighted by atomic mass is 16.5. The summed E-state index contributed by atoms with van der Waals surface area (Å²) in [5, 5.41) is 13.1. The molecule has 8 heteroatoms. The van der Waals surface area contributed by atoms with Crippen LogP contribution in [0.1, 0.15) is 12.0 Å². The minimum Gasteiger partial charge on any atom is -0.378 e. The van der Waals surface area contributed by atoms with Crippen molar-refractivity contribution in [2.24, 2.45) is 0 Å². The molecule has 0 saturated carbocycles. The molecule has 2 aromatic carbocycles. The SMILES string of the molecule is CN(C)C1CCN(c2ccc(-c3ccnc(Nc4ccc(N5CCOCC5)cc4)n3)cc2C#N)C1. The lowest BCUT2D eigenvalue weighted by molar-refractivity contribution is 0.122. The molecule has 3 aromatic rings. The molecule has 0 radical (unpaired) electrons. The van der Waals surface area contributed by atoms with Crippen LogP contribution in [0.5, 0.6) is 0 Å². The van der Waals surface area contributed by atoms with E-state index in [1.165, 1.54) is 5.69 Å². The molecule has 1 aromatic heterocycles. The summed E-state index contributed by atoms with van der Waals surface area (Å²) in [4.78, 5) is 16.0. The molecule has 5 rings (SSSR count). The number of hydrogen-bond donors (Lipinski definition) is 1. The fraction of sp³-hybridized carbons (Fsp3) is 0.370. The quantitative estimate of drug-likeness (QED) is 0.585. The van der Waals surface area contributed by atoms with Crippen molar-refractivity contribution in [3.63, 3.8) is 0 Å². The molecule has 1 unspecified atom stereocenters. The first kappa shape index (κ1) is 23.1. The third kappa shape index (κ3) is 5.21. The van der Waals surface area contributed by atoms with Crippen LogP contribution in [0, 0.1) is 11.3 Å². The lowest BCUT2D eigenvalue weighted by Crippen LogP contribution is -2.36. The highest BCUT2D eigenvalue weighted by molar-refractivity contribution is 5.71. The van der Waals surface area contributed by atoms with Crippen LogP contribution in [0.2, 0.25) is 0 Å². The lowest BCUT2D eigenvalue weighted by Gasteiger charge is -2.28. The highest BCUT2D eigenvalue weighted by Gasteiger charge is 2.25. The Morgan fingerprint density at radius 2 is 1.83 bits per heavy atom. The molecule has 2 saturated heterocycles. The van der Waals surface area contributed by atoms with Crippen molar-refractivity contribution >= 4 is 23.0 Å². The third-order valence-electron chi connectivity index (χ3n) is 6.80. The Morgan fingerprint density at radius 3 is 2.54 bits per heavy atom. The van der Waals surface area contributed by atoms with Gasteiger partial charge in [0.15, 0.2) is 0 Å². The number of likely N-dealkylation sites (N-methyl/N-ethyl adjacent to an activating group) is 1. The van der Waals surface area contributed by atoms with E-state index >= 15 is 0 Å². The van der Waals surface area contributed by atoms with E-state index in [0.717, 1.165) is 68.4 Å². The first-order valence-electron chi connectivity index (χ1n) is 12.1. The fourth-order valence-corrected chi connectivity index (χ4v) is 4.73. The van der Waals surface area contributed by atoms with Crippen molar-refractivity contribution in [2.75, 3.05) is 68.6 Å². The van der Waals surface area contributed by atoms with Gasteiger partial charge in [-0.1, -0.05) is 6.07 Å². The van der Waals surface area contributed by atoms with Gasteiger partial charge in [-0.3, -0.25) is 0 Å². The predicted molar refractivity (Wildman–Crippen MR) is 139 cm³/mol. The maximum absolute atomic E-state index is 9.85. The number of aromatic nitrogens is 2. The first-order valence-corrected chi connectivity index (χ1v) is 12.1. The zero-order valence-electron chi connectivity index (χ0n) is 20.3. The van der Waals surface area contributed by atoms with Crippen LogP contribution in [0.15, 0.2) is 54.7 Å². The number of nitrogens with zero attached hydrogens (tertiary/aromatic N) is 6. The maximum Gasteiger partial charge on any atom is 0.227 e. The molecule has 0 spiro atoms. The van der Waals surface area contributed by atoms with Gasteiger partial charge in [-0.05, 0) is 63.0 Å². The Balaban J connectivity index is 1.31. The number of nitriles is 1. The van der Waals surface area contributed by atoms with Crippen LogP contribution in [-0.2, 0) is 4.74 Å². The van der Waals surface area contributed by atoms with E-state index in [1.807, 2.05) is 36.4 Å². The summed E-state index contributed by atoms with van der Waals surface area (Å²) < 4.78 is 5.44. The molecule has 3 heterocycles. The fourth-order valence-electron chi connectivity index (χ4n) is 4.73. The molecule has 0 aliphatic carbocycles. The van der Waals surface area contributed by atoms with E-state index in [-0.39, 0.29) is 0 Å². The van der Waals surface area contributed by atoms with Crippen LogP contribution in [0.3, 0.4) is 0 Å². The smallest absolute Gasteiger partial charge is 0.227 e. The second-order valence-electron chi connectivity index (χ2n) is 9.23. The average molecular weight is 470 g/mol. The molecule has 2 aliphatic heterocycles. The molecule has 2 aliphatic rings. The Hall–Kier alpha value is -3.67. The van der Waals surface area contributed by atoms with Crippen LogP contribution >= 0.6 is 0 Å². The van der Waals surface area contributed by atoms with Gasteiger partial charge in [0.1, 0.15) is 6.07 Å². The summed E-state index contributed by atoms with van der Waals surface area (Å²) in [7, 11) is 4.23. The van der Waals surface area contributed by atoms with E-state index in [1.54, 1.807) is 6.20 Å². The number of ether oxygens (including phenoxy) is 1. The third-order valence-corrected chi connectivity index (χ3v) is 6.80. The van der Waals surface area contributed by atoms with Crippen molar-refractivity contribution in [1.82, 2.24) is 14.9 Å². The molecule has 35 heavy (non-hydrogen) atoms. The van der Waals surface area contributed by atoms with Crippen molar-refractivity contribution in [3.8, 4) is 17.3 Å². The van der Waals surface area contributed by atoms with Gasteiger partial charge in [-0.15, -0.1) is 0 Å². The first-order chi connectivity index (χ1) is 17.1. The summed E-state index contributed by atoms with van der Waals surface area (Å²) in [6.45, 7) is 5.26. The molecule has 0 amide bonds. The van der Waals surface area contributed by atoms with Crippen LogP contribution < -0.4 is 15.1 Å². The molecular formula is C27H31N7O. The Bertz CT molecular complexity index is 1200. The Kier molecular flexibility index (Phi) is 6.80. The summed E-state index contributed by atoms with van der Waals surface area (Å²) in [5.41, 5.74) is 5.47. The second kappa shape index (κ2) is 10.3. The largest absolute Gasteiger partial charge is 0.378 e. The number of benzene rings is 2. The van der Waals surface area contributed by atoms with E-state index in [2.05, 4.69) is 57.3 Å². The van der Waals surface area contributed by atoms with E-state index in [9.17, 15) is 5.26 Å². The second-order valence-corrected chi connectivity index (χ2v) is 9.23. The van der Waals surface area contributed by atoms with Crippen molar-refractivity contribution in [2.45, 2.75) is 12.5 Å². The number of rotatable bonds is 6. The van der Waals surface area contributed by atoms with Gasteiger partial charge < -0.3 is 24.8 Å². The van der Waals surface area contributed by atoms with Crippen LogP contribution in [-0.4, -0.2) is 74.4 Å². The van der Waals surface area contributed by atoms with Crippen molar-refractivity contribution in [1.29, 1.82) is 5.26 Å².